The third kappa shape index (κ3) is 3.46. The summed E-state index contributed by atoms with van der Waals surface area (Å²) in [6, 6.07) is 12.7. The van der Waals surface area contributed by atoms with E-state index in [4.69, 9.17) is 9.47 Å². The van der Waals surface area contributed by atoms with Gasteiger partial charge in [-0.2, -0.15) is 0 Å². The van der Waals surface area contributed by atoms with E-state index in [0.29, 0.717) is 15.8 Å². The average molecular weight is 418 g/mol. The van der Waals surface area contributed by atoms with E-state index in [-0.39, 0.29) is 11.9 Å². The van der Waals surface area contributed by atoms with Crippen molar-refractivity contribution in [3.05, 3.63) is 58.1 Å². The highest BCUT2D eigenvalue weighted by molar-refractivity contribution is 9.10. The Kier molecular flexibility index (Phi) is 5.32. The zero-order valence-corrected chi connectivity index (χ0v) is 16.4. The molecule has 26 heavy (non-hydrogen) atoms. The molecule has 2 aromatic carbocycles. The van der Waals surface area contributed by atoms with Gasteiger partial charge in [0.25, 0.3) is 5.91 Å². The molecule has 2 atom stereocenters. The highest BCUT2D eigenvalue weighted by Crippen LogP contribution is 2.32. The van der Waals surface area contributed by atoms with Gasteiger partial charge in [-0.05, 0) is 66.0 Å². The predicted octanol–water partition coefficient (Wildman–Crippen LogP) is 3.98. The highest BCUT2D eigenvalue weighted by atomic mass is 79.9. The van der Waals surface area contributed by atoms with Gasteiger partial charge in [0.1, 0.15) is 5.75 Å². The van der Waals surface area contributed by atoms with E-state index >= 15 is 0 Å². The van der Waals surface area contributed by atoms with Gasteiger partial charge in [-0.3, -0.25) is 4.79 Å². The predicted molar refractivity (Wildman–Crippen MR) is 103 cm³/mol. The number of amides is 1. The first kappa shape index (κ1) is 18.5. The van der Waals surface area contributed by atoms with Gasteiger partial charge in [0.05, 0.1) is 17.1 Å². The lowest BCUT2D eigenvalue weighted by molar-refractivity contribution is -0.126. The fraction of sp³-hybridized carbons (Fsp3) is 0.300. The van der Waals surface area contributed by atoms with E-state index in [1.54, 1.807) is 37.1 Å². The van der Waals surface area contributed by atoms with Crippen molar-refractivity contribution in [2.45, 2.75) is 32.4 Å². The molecule has 1 aliphatic heterocycles. The molecule has 0 aliphatic carbocycles. The smallest absolute Gasteiger partial charge is 0.338 e. The molecule has 1 amide bonds. The molecule has 1 heterocycles. The van der Waals surface area contributed by atoms with E-state index in [2.05, 4.69) is 15.9 Å². The Morgan fingerprint density at radius 1 is 1.23 bits per heavy atom. The van der Waals surface area contributed by atoms with Crippen LogP contribution in [0.25, 0.3) is 0 Å². The van der Waals surface area contributed by atoms with Crippen LogP contribution in [0, 0.1) is 0 Å². The lowest BCUT2D eigenvalue weighted by Crippen LogP contribution is -2.43. The minimum absolute atomic E-state index is 0.0381. The van der Waals surface area contributed by atoms with Crippen molar-refractivity contribution in [1.82, 2.24) is 0 Å². The molecule has 0 fully saturated rings. The van der Waals surface area contributed by atoms with Crippen molar-refractivity contribution in [2.75, 3.05) is 12.0 Å². The number of hydrogen-bond acceptors (Lipinski definition) is 4. The third-order valence-electron chi connectivity index (χ3n) is 4.46. The molecule has 0 saturated heterocycles. The van der Waals surface area contributed by atoms with Crippen molar-refractivity contribution in [1.29, 1.82) is 0 Å². The van der Waals surface area contributed by atoms with Gasteiger partial charge in [0.15, 0.2) is 6.10 Å². The molecule has 2 aromatic rings. The Bertz CT molecular complexity index is 851. The lowest BCUT2D eigenvalue weighted by Gasteiger charge is -2.26. The number of carbonyl (C=O) groups excluding carboxylic acids is 2. The van der Waals surface area contributed by atoms with Gasteiger partial charge in [0, 0.05) is 11.7 Å². The molecule has 6 heteroatoms. The van der Waals surface area contributed by atoms with Crippen LogP contribution in [0.4, 0.5) is 5.69 Å². The first-order chi connectivity index (χ1) is 12.4. The van der Waals surface area contributed by atoms with Crippen molar-refractivity contribution in [2.24, 2.45) is 0 Å². The number of ether oxygens (including phenoxy) is 2. The van der Waals surface area contributed by atoms with Crippen LogP contribution in [0.2, 0.25) is 0 Å². The minimum Gasteiger partial charge on any atom is -0.496 e. The molecule has 3 rings (SSSR count). The van der Waals surface area contributed by atoms with E-state index < -0.39 is 12.1 Å². The number of esters is 1. The Hall–Kier alpha value is -2.34. The van der Waals surface area contributed by atoms with Gasteiger partial charge in [-0.25, -0.2) is 4.79 Å². The summed E-state index contributed by atoms with van der Waals surface area (Å²) < 4.78 is 11.2. The van der Waals surface area contributed by atoms with E-state index in [1.165, 1.54) is 0 Å². The van der Waals surface area contributed by atoms with Crippen LogP contribution < -0.4 is 9.64 Å². The number of carbonyl (C=O) groups is 2. The summed E-state index contributed by atoms with van der Waals surface area (Å²) in [5.41, 5.74) is 2.37. The Balaban J connectivity index is 1.73. The molecule has 0 spiro atoms. The molecule has 5 nitrogen and oxygen atoms in total. The SMILES string of the molecule is COc1ccc(C(=O)O[C@@H](C)C(=O)N2c3ccccc3C[C@H]2C)cc1Br. The van der Waals surface area contributed by atoms with Crippen LogP contribution in [0.15, 0.2) is 46.9 Å². The number of fused-ring (bicyclic) bond motifs is 1. The molecule has 1 aliphatic rings. The van der Waals surface area contributed by atoms with E-state index in [9.17, 15) is 9.59 Å². The first-order valence-electron chi connectivity index (χ1n) is 8.38. The molecule has 0 aromatic heterocycles. The van der Waals surface area contributed by atoms with Gasteiger partial charge < -0.3 is 14.4 Å². The zero-order valence-electron chi connectivity index (χ0n) is 14.9. The zero-order chi connectivity index (χ0) is 18.8. The maximum absolute atomic E-state index is 12.9. The molecular weight excluding hydrogens is 398 g/mol. The average Bonchev–Trinajstić information content (AvgIpc) is 2.96. The van der Waals surface area contributed by atoms with Gasteiger partial charge in [-0.15, -0.1) is 0 Å². The highest BCUT2D eigenvalue weighted by Gasteiger charge is 2.34. The van der Waals surface area contributed by atoms with Crippen molar-refractivity contribution < 1.29 is 19.1 Å². The topological polar surface area (TPSA) is 55.8 Å². The minimum atomic E-state index is -0.878. The second-order valence-electron chi connectivity index (χ2n) is 6.29. The number of benzene rings is 2. The molecule has 0 radical (unpaired) electrons. The third-order valence-corrected chi connectivity index (χ3v) is 5.08. The Morgan fingerprint density at radius 2 is 1.96 bits per heavy atom. The lowest BCUT2D eigenvalue weighted by atomic mass is 10.1. The van der Waals surface area contributed by atoms with Crippen LogP contribution in [0.3, 0.4) is 0 Å². The fourth-order valence-corrected chi connectivity index (χ4v) is 3.71. The quantitative estimate of drug-likeness (QED) is 0.705. The van der Waals surface area contributed by atoms with Crippen molar-refractivity contribution >= 4 is 33.5 Å². The summed E-state index contributed by atoms with van der Waals surface area (Å²) in [5, 5.41) is 0. The molecule has 0 bridgehead atoms. The molecular formula is C20H20BrNO4. The van der Waals surface area contributed by atoms with Crippen LogP contribution in [0.1, 0.15) is 29.8 Å². The summed E-state index contributed by atoms with van der Waals surface area (Å²) in [6.07, 6.45) is -0.0782. The Labute approximate surface area is 161 Å². The summed E-state index contributed by atoms with van der Waals surface area (Å²) >= 11 is 3.34. The van der Waals surface area contributed by atoms with Crippen LogP contribution in [0.5, 0.6) is 5.75 Å². The van der Waals surface area contributed by atoms with Crippen molar-refractivity contribution in [3.63, 3.8) is 0 Å². The maximum Gasteiger partial charge on any atom is 0.338 e. The summed E-state index contributed by atoms with van der Waals surface area (Å²) in [7, 11) is 1.55. The van der Waals surface area contributed by atoms with Crippen LogP contribution >= 0.6 is 15.9 Å². The second kappa shape index (κ2) is 7.50. The molecule has 0 saturated carbocycles. The summed E-state index contributed by atoms with van der Waals surface area (Å²) in [6.45, 7) is 3.60. The van der Waals surface area contributed by atoms with E-state index in [0.717, 1.165) is 17.7 Å². The number of rotatable bonds is 4. The number of anilines is 1. The molecule has 0 unspecified atom stereocenters. The normalized spacial score (nSPS) is 16.8. The maximum atomic E-state index is 12.9. The van der Waals surface area contributed by atoms with E-state index in [1.807, 2.05) is 31.2 Å². The molecule has 0 N–H and O–H groups in total. The number of para-hydroxylation sites is 1. The standard InChI is InChI=1S/C20H20BrNO4/c1-12-10-14-6-4-5-7-17(14)22(12)19(23)13(2)26-20(24)15-8-9-18(25-3)16(21)11-15/h4-9,11-13H,10H2,1-3H3/t12-,13+/m1/s1. The first-order valence-corrected chi connectivity index (χ1v) is 9.17. The monoisotopic (exact) mass is 417 g/mol. The molecule has 136 valence electrons. The number of halogens is 1. The number of hydrogen-bond donors (Lipinski definition) is 0. The van der Waals surface area contributed by atoms with Gasteiger partial charge >= 0.3 is 5.97 Å². The fourth-order valence-electron chi connectivity index (χ4n) is 3.17. The summed E-state index contributed by atoms with van der Waals surface area (Å²) in [4.78, 5) is 27.0. The van der Waals surface area contributed by atoms with Gasteiger partial charge in [-0.1, -0.05) is 18.2 Å². The van der Waals surface area contributed by atoms with Gasteiger partial charge in [0.2, 0.25) is 0 Å². The largest absolute Gasteiger partial charge is 0.496 e. The number of nitrogens with zero attached hydrogens (tertiary/aromatic N) is 1. The van der Waals surface area contributed by atoms with Crippen LogP contribution in [-0.2, 0) is 16.0 Å². The van der Waals surface area contributed by atoms with Crippen molar-refractivity contribution in [3.8, 4) is 5.75 Å². The Morgan fingerprint density at radius 3 is 2.65 bits per heavy atom. The number of methoxy groups -OCH3 is 1. The second-order valence-corrected chi connectivity index (χ2v) is 7.14. The summed E-state index contributed by atoms with van der Waals surface area (Å²) in [5.74, 6) is -0.147. The van der Waals surface area contributed by atoms with Crippen LogP contribution in [-0.4, -0.2) is 31.1 Å².